The van der Waals surface area contributed by atoms with Crippen LogP contribution in [-0.2, 0) is 6.42 Å². The third-order valence-corrected chi connectivity index (χ3v) is 3.36. The summed E-state index contributed by atoms with van der Waals surface area (Å²) in [4.78, 5) is 0. The number of hydrogen-bond acceptors (Lipinski definition) is 3. The summed E-state index contributed by atoms with van der Waals surface area (Å²) in [5, 5.41) is 10.3. The standard InChI is InChI=1S/C13H16F3NO2/c14-13(15,16)19-11-5-1-9(2-6-11)7-12(18,8-17)10-3-4-10/h1-2,5-6,10,18H,3-4,7-8,17H2. The van der Waals surface area contributed by atoms with E-state index in [1.807, 2.05) is 0 Å². The smallest absolute Gasteiger partial charge is 0.406 e. The van der Waals surface area contributed by atoms with Gasteiger partial charge in [-0.2, -0.15) is 0 Å². The van der Waals surface area contributed by atoms with Gasteiger partial charge in [0, 0.05) is 13.0 Å². The Morgan fingerprint density at radius 3 is 2.21 bits per heavy atom. The number of alkyl halides is 3. The summed E-state index contributed by atoms with van der Waals surface area (Å²) in [6, 6.07) is 5.52. The summed E-state index contributed by atoms with van der Waals surface area (Å²) in [6.07, 6.45) is -2.44. The van der Waals surface area contributed by atoms with Crippen LogP contribution < -0.4 is 10.5 Å². The lowest BCUT2D eigenvalue weighted by atomic mass is 9.90. The maximum Gasteiger partial charge on any atom is 0.573 e. The summed E-state index contributed by atoms with van der Waals surface area (Å²) >= 11 is 0. The van der Waals surface area contributed by atoms with Crippen molar-refractivity contribution in [2.45, 2.75) is 31.2 Å². The first-order valence-electron chi connectivity index (χ1n) is 6.09. The van der Waals surface area contributed by atoms with Gasteiger partial charge in [-0.25, -0.2) is 0 Å². The van der Waals surface area contributed by atoms with Crippen molar-refractivity contribution in [3.05, 3.63) is 29.8 Å². The highest BCUT2D eigenvalue weighted by molar-refractivity contribution is 5.28. The molecule has 19 heavy (non-hydrogen) atoms. The molecule has 1 aromatic carbocycles. The number of rotatable bonds is 5. The number of hydrogen-bond donors (Lipinski definition) is 2. The molecule has 0 aliphatic heterocycles. The van der Waals surface area contributed by atoms with E-state index < -0.39 is 12.0 Å². The molecule has 6 heteroatoms. The summed E-state index contributed by atoms with van der Waals surface area (Å²) in [5.74, 6) is -0.0671. The van der Waals surface area contributed by atoms with E-state index in [-0.39, 0.29) is 18.2 Å². The first kappa shape index (κ1) is 14.1. The zero-order chi connectivity index (χ0) is 14.1. The molecule has 0 heterocycles. The quantitative estimate of drug-likeness (QED) is 0.866. The first-order chi connectivity index (χ1) is 8.82. The van der Waals surface area contributed by atoms with Crippen LogP contribution in [0.5, 0.6) is 5.75 Å². The largest absolute Gasteiger partial charge is 0.573 e. The van der Waals surface area contributed by atoms with Gasteiger partial charge in [0.2, 0.25) is 0 Å². The second-order valence-corrected chi connectivity index (χ2v) is 4.95. The van der Waals surface area contributed by atoms with Crippen LogP contribution in [0.3, 0.4) is 0 Å². The highest BCUT2D eigenvalue weighted by Crippen LogP contribution is 2.41. The fraction of sp³-hybridized carbons (Fsp3) is 0.538. The fourth-order valence-corrected chi connectivity index (χ4v) is 2.17. The van der Waals surface area contributed by atoms with Gasteiger partial charge in [0.1, 0.15) is 5.75 Å². The minimum atomic E-state index is -4.69. The maximum atomic E-state index is 12.0. The molecule has 0 spiro atoms. The minimum Gasteiger partial charge on any atom is -0.406 e. The van der Waals surface area contributed by atoms with Crippen LogP contribution in [0.4, 0.5) is 13.2 Å². The van der Waals surface area contributed by atoms with E-state index in [9.17, 15) is 18.3 Å². The van der Waals surface area contributed by atoms with Gasteiger partial charge in [-0.1, -0.05) is 12.1 Å². The van der Waals surface area contributed by atoms with E-state index in [0.717, 1.165) is 18.4 Å². The van der Waals surface area contributed by atoms with Gasteiger partial charge >= 0.3 is 6.36 Å². The van der Waals surface area contributed by atoms with Crippen molar-refractivity contribution in [3.63, 3.8) is 0 Å². The van der Waals surface area contributed by atoms with Crippen LogP contribution in [0.2, 0.25) is 0 Å². The molecule has 1 aliphatic carbocycles. The van der Waals surface area contributed by atoms with Crippen LogP contribution in [-0.4, -0.2) is 23.6 Å². The Kier molecular flexibility index (Phi) is 3.73. The molecule has 2 rings (SSSR count). The molecule has 1 atom stereocenters. The molecular formula is C13H16F3NO2. The lowest BCUT2D eigenvalue weighted by Gasteiger charge is -2.26. The van der Waals surface area contributed by atoms with Crippen LogP contribution >= 0.6 is 0 Å². The highest BCUT2D eigenvalue weighted by atomic mass is 19.4. The fourth-order valence-electron chi connectivity index (χ4n) is 2.17. The van der Waals surface area contributed by atoms with Crippen molar-refractivity contribution < 1.29 is 23.0 Å². The molecular weight excluding hydrogens is 259 g/mol. The average Bonchev–Trinajstić information content (AvgIpc) is 3.14. The molecule has 0 bridgehead atoms. The zero-order valence-electron chi connectivity index (χ0n) is 10.3. The van der Waals surface area contributed by atoms with Gasteiger partial charge in [0.05, 0.1) is 5.60 Å². The van der Waals surface area contributed by atoms with Crippen LogP contribution in [0.25, 0.3) is 0 Å². The second kappa shape index (κ2) is 5.02. The maximum absolute atomic E-state index is 12.0. The summed E-state index contributed by atoms with van der Waals surface area (Å²) in [6.45, 7) is 0.151. The average molecular weight is 275 g/mol. The van der Waals surface area contributed by atoms with Gasteiger partial charge in [-0.15, -0.1) is 13.2 Å². The summed E-state index contributed by atoms with van der Waals surface area (Å²) in [5.41, 5.74) is 5.38. The number of aliphatic hydroxyl groups is 1. The number of halogens is 3. The number of nitrogens with two attached hydrogens (primary N) is 1. The first-order valence-corrected chi connectivity index (χ1v) is 6.09. The Morgan fingerprint density at radius 2 is 1.79 bits per heavy atom. The monoisotopic (exact) mass is 275 g/mol. The third-order valence-electron chi connectivity index (χ3n) is 3.36. The zero-order valence-corrected chi connectivity index (χ0v) is 10.3. The van der Waals surface area contributed by atoms with Gasteiger partial charge in [0.25, 0.3) is 0 Å². The predicted molar refractivity (Wildman–Crippen MR) is 63.6 cm³/mol. The third kappa shape index (κ3) is 3.84. The van der Waals surface area contributed by atoms with Crippen LogP contribution in [0, 0.1) is 5.92 Å². The van der Waals surface area contributed by atoms with Crippen molar-refractivity contribution in [3.8, 4) is 5.75 Å². The van der Waals surface area contributed by atoms with E-state index in [4.69, 9.17) is 5.73 Å². The Labute approximate surface area is 109 Å². The Hall–Kier alpha value is -1.27. The van der Waals surface area contributed by atoms with E-state index >= 15 is 0 Å². The normalized spacial score (nSPS) is 19.0. The Morgan fingerprint density at radius 1 is 1.21 bits per heavy atom. The summed E-state index contributed by atoms with van der Waals surface area (Å²) < 4.78 is 39.8. The topological polar surface area (TPSA) is 55.5 Å². The van der Waals surface area contributed by atoms with Crippen molar-refractivity contribution >= 4 is 0 Å². The number of ether oxygens (including phenoxy) is 1. The van der Waals surface area contributed by atoms with Gasteiger partial charge in [-0.3, -0.25) is 0 Å². The van der Waals surface area contributed by atoms with Crippen LogP contribution in [0.15, 0.2) is 24.3 Å². The van der Waals surface area contributed by atoms with E-state index in [2.05, 4.69) is 4.74 Å². The lowest BCUT2D eigenvalue weighted by Crippen LogP contribution is -2.42. The van der Waals surface area contributed by atoms with Gasteiger partial charge in [0.15, 0.2) is 0 Å². The van der Waals surface area contributed by atoms with Crippen molar-refractivity contribution in [2.75, 3.05) is 6.54 Å². The Bertz CT molecular complexity index is 429. The van der Waals surface area contributed by atoms with E-state index in [1.54, 1.807) is 0 Å². The Balaban J connectivity index is 2.02. The second-order valence-electron chi connectivity index (χ2n) is 4.95. The summed E-state index contributed by atoms with van der Waals surface area (Å²) in [7, 11) is 0. The molecule has 0 radical (unpaired) electrons. The molecule has 1 aromatic rings. The predicted octanol–water partition coefficient (Wildman–Crippen LogP) is 2.23. The van der Waals surface area contributed by atoms with Crippen molar-refractivity contribution in [1.29, 1.82) is 0 Å². The molecule has 0 saturated heterocycles. The van der Waals surface area contributed by atoms with Gasteiger partial charge in [-0.05, 0) is 36.5 Å². The highest BCUT2D eigenvalue weighted by Gasteiger charge is 2.42. The van der Waals surface area contributed by atoms with E-state index in [0.29, 0.717) is 6.42 Å². The molecule has 1 saturated carbocycles. The molecule has 0 amide bonds. The van der Waals surface area contributed by atoms with Crippen molar-refractivity contribution in [1.82, 2.24) is 0 Å². The SMILES string of the molecule is NCC(O)(Cc1ccc(OC(F)(F)F)cc1)C1CC1. The molecule has 1 unspecified atom stereocenters. The molecule has 1 aliphatic rings. The molecule has 1 fully saturated rings. The lowest BCUT2D eigenvalue weighted by molar-refractivity contribution is -0.274. The van der Waals surface area contributed by atoms with Gasteiger partial charge < -0.3 is 15.6 Å². The number of benzene rings is 1. The minimum absolute atomic E-state index is 0.151. The van der Waals surface area contributed by atoms with Crippen molar-refractivity contribution in [2.24, 2.45) is 11.7 Å². The van der Waals surface area contributed by atoms with Crippen LogP contribution in [0.1, 0.15) is 18.4 Å². The van der Waals surface area contributed by atoms with E-state index in [1.165, 1.54) is 24.3 Å². The molecule has 3 N–H and O–H groups in total. The molecule has 0 aromatic heterocycles. The molecule has 106 valence electrons. The molecule has 3 nitrogen and oxygen atoms in total.